The van der Waals surface area contributed by atoms with Gasteiger partial charge < -0.3 is 10.4 Å². The smallest absolute Gasteiger partial charge is 0.0431 e. The molecule has 0 unspecified atom stereocenters. The van der Waals surface area contributed by atoms with Crippen molar-refractivity contribution in [1.29, 1.82) is 0 Å². The van der Waals surface area contributed by atoms with Gasteiger partial charge in [0.2, 0.25) is 0 Å². The third-order valence-electron chi connectivity index (χ3n) is 3.41. The zero-order valence-electron chi connectivity index (χ0n) is 9.63. The highest BCUT2D eigenvalue weighted by molar-refractivity contribution is 4.80. The third kappa shape index (κ3) is 3.97. The molecule has 14 heavy (non-hydrogen) atoms. The summed E-state index contributed by atoms with van der Waals surface area (Å²) in [4.78, 5) is 0. The molecule has 2 nitrogen and oxygen atoms in total. The van der Waals surface area contributed by atoms with Gasteiger partial charge in [0.15, 0.2) is 0 Å². The molecule has 84 valence electrons. The van der Waals surface area contributed by atoms with Gasteiger partial charge in [-0.05, 0) is 38.5 Å². The van der Waals surface area contributed by atoms with Crippen LogP contribution in [0.2, 0.25) is 0 Å². The van der Waals surface area contributed by atoms with Crippen LogP contribution in [0.25, 0.3) is 0 Å². The standard InChI is InChI=1S/C12H25NO/c1-10-6-3-4-8-12(10)13-11(2)7-5-9-14/h10-14H,3-9H2,1-2H3/t10-,11+,12-/m1/s1. The molecular weight excluding hydrogens is 174 g/mol. The van der Waals surface area contributed by atoms with Crippen LogP contribution in [0.4, 0.5) is 0 Å². The molecule has 1 rings (SSSR count). The largest absolute Gasteiger partial charge is 0.396 e. The zero-order chi connectivity index (χ0) is 10.4. The van der Waals surface area contributed by atoms with Crippen molar-refractivity contribution >= 4 is 0 Å². The maximum atomic E-state index is 8.75. The highest BCUT2D eigenvalue weighted by Gasteiger charge is 2.21. The summed E-state index contributed by atoms with van der Waals surface area (Å²) in [7, 11) is 0. The van der Waals surface area contributed by atoms with Crippen LogP contribution in [0, 0.1) is 5.92 Å². The molecule has 3 atom stereocenters. The first-order valence-electron chi connectivity index (χ1n) is 6.11. The molecule has 1 saturated carbocycles. The lowest BCUT2D eigenvalue weighted by Gasteiger charge is -2.32. The Balaban J connectivity index is 2.20. The lowest BCUT2D eigenvalue weighted by Crippen LogP contribution is -2.42. The summed E-state index contributed by atoms with van der Waals surface area (Å²) in [5.74, 6) is 0.834. The van der Waals surface area contributed by atoms with Gasteiger partial charge in [0.25, 0.3) is 0 Å². The Kier molecular flexibility index (Phi) is 5.49. The van der Waals surface area contributed by atoms with Gasteiger partial charge in [0.05, 0.1) is 0 Å². The van der Waals surface area contributed by atoms with Crippen molar-refractivity contribution in [2.75, 3.05) is 6.61 Å². The van der Waals surface area contributed by atoms with E-state index in [1.54, 1.807) is 0 Å². The van der Waals surface area contributed by atoms with E-state index in [-0.39, 0.29) is 0 Å². The fraction of sp³-hybridized carbons (Fsp3) is 1.00. The molecule has 1 fully saturated rings. The van der Waals surface area contributed by atoms with E-state index in [9.17, 15) is 0 Å². The van der Waals surface area contributed by atoms with E-state index in [1.807, 2.05) is 0 Å². The van der Waals surface area contributed by atoms with Gasteiger partial charge >= 0.3 is 0 Å². The lowest BCUT2D eigenvalue weighted by molar-refractivity contribution is 0.241. The first-order valence-corrected chi connectivity index (χ1v) is 6.11. The van der Waals surface area contributed by atoms with Crippen LogP contribution in [0.1, 0.15) is 52.4 Å². The third-order valence-corrected chi connectivity index (χ3v) is 3.41. The van der Waals surface area contributed by atoms with Gasteiger partial charge in [-0.3, -0.25) is 0 Å². The van der Waals surface area contributed by atoms with E-state index < -0.39 is 0 Å². The van der Waals surface area contributed by atoms with E-state index in [4.69, 9.17) is 5.11 Å². The van der Waals surface area contributed by atoms with Crippen LogP contribution in [-0.4, -0.2) is 23.8 Å². The predicted octanol–water partition coefficient (Wildman–Crippen LogP) is 2.32. The number of hydrogen-bond donors (Lipinski definition) is 2. The Morgan fingerprint density at radius 2 is 2.07 bits per heavy atom. The number of rotatable bonds is 5. The number of aliphatic hydroxyl groups is 1. The molecule has 0 aromatic rings. The average molecular weight is 199 g/mol. The van der Waals surface area contributed by atoms with Gasteiger partial charge in [-0.1, -0.05) is 19.8 Å². The molecule has 0 radical (unpaired) electrons. The first kappa shape index (κ1) is 12.0. The van der Waals surface area contributed by atoms with Gasteiger partial charge in [-0.25, -0.2) is 0 Å². The minimum Gasteiger partial charge on any atom is -0.396 e. The predicted molar refractivity (Wildman–Crippen MR) is 60.3 cm³/mol. The Bertz CT molecular complexity index is 149. The second kappa shape index (κ2) is 6.41. The summed E-state index contributed by atoms with van der Waals surface area (Å²) in [6, 6.07) is 1.28. The number of hydrogen-bond acceptors (Lipinski definition) is 2. The van der Waals surface area contributed by atoms with Crippen molar-refractivity contribution in [1.82, 2.24) is 5.32 Å². The molecule has 2 N–H and O–H groups in total. The summed E-state index contributed by atoms with van der Waals surface area (Å²) in [6.45, 7) is 4.92. The summed E-state index contributed by atoms with van der Waals surface area (Å²) in [6.07, 6.45) is 7.53. The van der Waals surface area contributed by atoms with Crippen molar-refractivity contribution in [3.8, 4) is 0 Å². The molecule has 0 saturated heterocycles. The molecule has 0 amide bonds. The molecule has 1 aliphatic rings. The quantitative estimate of drug-likeness (QED) is 0.712. The van der Waals surface area contributed by atoms with E-state index in [0.29, 0.717) is 12.6 Å². The van der Waals surface area contributed by atoms with Crippen LogP contribution in [0.3, 0.4) is 0 Å². The zero-order valence-corrected chi connectivity index (χ0v) is 9.63. The van der Waals surface area contributed by atoms with Crippen LogP contribution in [0.5, 0.6) is 0 Å². The Morgan fingerprint density at radius 1 is 1.36 bits per heavy atom. The maximum Gasteiger partial charge on any atom is 0.0431 e. The lowest BCUT2D eigenvalue weighted by atomic mass is 9.85. The highest BCUT2D eigenvalue weighted by Crippen LogP contribution is 2.24. The molecule has 0 aliphatic heterocycles. The van der Waals surface area contributed by atoms with E-state index in [2.05, 4.69) is 19.2 Å². The van der Waals surface area contributed by atoms with Crippen molar-refractivity contribution in [2.24, 2.45) is 5.92 Å². The summed E-state index contributed by atoms with van der Waals surface area (Å²) in [5.41, 5.74) is 0. The maximum absolute atomic E-state index is 8.75. The Hall–Kier alpha value is -0.0800. The molecule has 1 aliphatic carbocycles. The van der Waals surface area contributed by atoms with Crippen LogP contribution < -0.4 is 5.32 Å². The van der Waals surface area contributed by atoms with Gasteiger partial charge in [-0.2, -0.15) is 0 Å². The van der Waals surface area contributed by atoms with Crippen molar-refractivity contribution in [2.45, 2.75) is 64.5 Å². The van der Waals surface area contributed by atoms with Crippen LogP contribution in [-0.2, 0) is 0 Å². The van der Waals surface area contributed by atoms with E-state index >= 15 is 0 Å². The fourth-order valence-corrected chi connectivity index (χ4v) is 2.41. The molecule has 0 aromatic carbocycles. The van der Waals surface area contributed by atoms with Crippen molar-refractivity contribution in [3.63, 3.8) is 0 Å². The molecular formula is C12H25NO. The van der Waals surface area contributed by atoms with Crippen LogP contribution >= 0.6 is 0 Å². The summed E-state index contributed by atoms with van der Waals surface area (Å²) in [5, 5.41) is 12.4. The summed E-state index contributed by atoms with van der Waals surface area (Å²) < 4.78 is 0. The first-order chi connectivity index (χ1) is 6.74. The normalized spacial score (nSPS) is 30.2. The Morgan fingerprint density at radius 3 is 2.71 bits per heavy atom. The summed E-state index contributed by atoms with van der Waals surface area (Å²) >= 11 is 0. The second-order valence-electron chi connectivity index (χ2n) is 4.80. The number of aliphatic hydroxyl groups excluding tert-OH is 1. The molecule has 0 bridgehead atoms. The van der Waals surface area contributed by atoms with Gasteiger partial charge in [0, 0.05) is 18.7 Å². The topological polar surface area (TPSA) is 32.3 Å². The van der Waals surface area contributed by atoms with E-state index in [0.717, 1.165) is 24.8 Å². The minimum atomic E-state index is 0.326. The SMILES string of the molecule is C[C@@H]1CCCC[C@H]1N[C@@H](C)CCCO. The molecule has 0 heterocycles. The minimum absolute atomic E-state index is 0.326. The fourth-order valence-electron chi connectivity index (χ4n) is 2.41. The molecule has 0 aromatic heterocycles. The highest BCUT2D eigenvalue weighted by atomic mass is 16.2. The van der Waals surface area contributed by atoms with Gasteiger partial charge in [0.1, 0.15) is 0 Å². The van der Waals surface area contributed by atoms with E-state index in [1.165, 1.54) is 25.7 Å². The number of nitrogens with one attached hydrogen (secondary N) is 1. The van der Waals surface area contributed by atoms with Crippen molar-refractivity contribution < 1.29 is 5.11 Å². The van der Waals surface area contributed by atoms with Gasteiger partial charge in [-0.15, -0.1) is 0 Å². The monoisotopic (exact) mass is 199 g/mol. The molecule has 2 heteroatoms. The van der Waals surface area contributed by atoms with Crippen LogP contribution in [0.15, 0.2) is 0 Å². The Labute approximate surface area is 88.1 Å². The second-order valence-corrected chi connectivity index (χ2v) is 4.80. The average Bonchev–Trinajstić information content (AvgIpc) is 2.18. The van der Waals surface area contributed by atoms with Crippen molar-refractivity contribution in [3.05, 3.63) is 0 Å². The molecule has 0 spiro atoms.